The Kier molecular flexibility index (Phi) is 6.79. The number of amides is 3. The van der Waals surface area contributed by atoms with Gasteiger partial charge in [-0.3, -0.25) is 4.79 Å². The maximum Gasteiger partial charge on any atom is 0.317 e. The number of hydrogen-bond acceptors (Lipinski definition) is 3. The maximum atomic E-state index is 12.7. The number of halogens is 1. The summed E-state index contributed by atoms with van der Waals surface area (Å²) in [7, 11) is 1.65. The van der Waals surface area contributed by atoms with E-state index in [1.165, 1.54) is 0 Å². The number of carbonyl (C=O) groups excluding carboxylic acids is 2. The molecule has 29 heavy (non-hydrogen) atoms. The van der Waals surface area contributed by atoms with E-state index in [2.05, 4.69) is 20.2 Å². The Labute approximate surface area is 176 Å². The van der Waals surface area contributed by atoms with Gasteiger partial charge in [-0.05, 0) is 50.8 Å². The second-order valence-electron chi connectivity index (χ2n) is 7.37. The van der Waals surface area contributed by atoms with Crippen molar-refractivity contribution in [3.8, 4) is 0 Å². The van der Waals surface area contributed by atoms with Crippen LogP contribution in [0, 0.1) is 13.8 Å². The van der Waals surface area contributed by atoms with Crippen molar-refractivity contribution in [1.29, 1.82) is 0 Å². The van der Waals surface area contributed by atoms with Gasteiger partial charge in [-0.2, -0.15) is 0 Å². The Morgan fingerprint density at radius 3 is 2.45 bits per heavy atom. The first-order valence-corrected chi connectivity index (χ1v) is 10.3. The number of rotatable bonds is 5. The minimum absolute atomic E-state index is 0.0386. The molecule has 0 radical (unpaired) electrons. The topological polar surface area (TPSA) is 79.3 Å². The number of likely N-dealkylation sites (tertiary alicyclic amines) is 1. The molecule has 1 fully saturated rings. The average molecular weight is 418 g/mol. The van der Waals surface area contributed by atoms with Crippen LogP contribution in [0.25, 0.3) is 0 Å². The molecule has 1 aromatic heterocycles. The molecule has 2 aromatic rings. The van der Waals surface area contributed by atoms with Gasteiger partial charge in [0.15, 0.2) is 0 Å². The lowest BCUT2D eigenvalue weighted by molar-refractivity contribution is 0.0948. The third kappa shape index (κ3) is 4.90. The second kappa shape index (κ2) is 9.31. The summed E-state index contributed by atoms with van der Waals surface area (Å²) in [5.41, 5.74) is 2.48. The van der Waals surface area contributed by atoms with E-state index in [4.69, 9.17) is 11.6 Å². The number of carbonyl (C=O) groups is 2. The van der Waals surface area contributed by atoms with E-state index >= 15 is 0 Å². The highest BCUT2D eigenvalue weighted by Crippen LogP contribution is 2.27. The zero-order chi connectivity index (χ0) is 21.0. The fraction of sp³-hybridized carbons (Fsp3) is 0.476. The molecule has 1 saturated heterocycles. The highest BCUT2D eigenvalue weighted by Gasteiger charge is 2.27. The van der Waals surface area contributed by atoms with Crippen molar-refractivity contribution in [2.75, 3.05) is 26.7 Å². The molecule has 1 aliphatic rings. The Hall–Kier alpha value is -2.54. The van der Waals surface area contributed by atoms with Gasteiger partial charge in [-0.15, -0.1) is 0 Å². The molecule has 7 nitrogen and oxygen atoms in total. The largest absolute Gasteiger partial charge is 0.350 e. The van der Waals surface area contributed by atoms with Gasteiger partial charge in [0.1, 0.15) is 11.5 Å². The van der Waals surface area contributed by atoms with Gasteiger partial charge in [0, 0.05) is 43.4 Å². The van der Waals surface area contributed by atoms with Crippen LogP contribution in [0.1, 0.15) is 46.5 Å². The summed E-state index contributed by atoms with van der Waals surface area (Å²) in [4.78, 5) is 30.8. The third-order valence-electron chi connectivity index (χ3n) is 5.48. The van der Waals surface area contributed by atoms with Crippen LogP contribution in [0.2, 0.25) is 5.02 Å². The lowest BCUT2D eigenvalue weighted by Gasteiger charge is -2.33. The maximum absolute atomic E-state index is 12.7. The number of urea groups is 1. The minimum Gasteiger partial charge on any atom is -0.350 e. The SMILES string of the molecule is CNC(=O)N1CCC(n2c(C)nc(C(=O)NCCc3ccc(Cl)cc3)c2C)CC1. The van der Waals surface area contributed by atoms with Gasteiger partial charge >= 0.3 is 6.03 Å². The minimum atomic E-state index is -0.152. The van der Waals surface area contributed by atoms with Crippen molar-refractivity contribution in [3.05, 3.63) is 52.1 Å². The predicted octanol–water partition coefficient (Wildman–Crippen LogP) is 3.10. The van der Waals surface area contributed by atoms with Crippen molar-refractivity contribution >= 4 is 23.5 Å². The van der Waals surface area contributed by atoms with Crippen LogP contribution in [0.5, 0.6) is 0 Å². The molecule has 1 aliphatic heterocycles. The fourth-order valence-electron chi connectivity index (χ4n) is 3.95. The highest BCUT2D eigenvalue weighted by atomic mass is 35.5. The molecule has 0 bridgehead atoms. The van der Waals surface area contributed by atoms with Crippen LogP contribution in [0.15, 0.2) is 24.3 Å². The van der Waals surface area contributed by atoms with Crippen LogP contribution in [0.4, 0.5) is 4.79 Å². The highest BCUT2D eigenvalue weighted by molar-refractivity contribution is 6.30. The zero-order valence-electron chi connectivity index (χ0n) is 17.2. The van der Waals surface area contributed by atoms with E-state index < -0.39 is 0 Å². The lowest BCUT2D eigenvalue weighted by atomic mass is 10.0. The summed E-state index contributed by atoms with van der Waals surface area (Å²) in [6.07, 6.45) is 2.44. The summed E-state index contributed by atoms with van der Waals surface area (Å²) in [5.74, 6) is 0.685. The van der Waals surface area contributed by atoms with Gasteiger partial charge in [0.05, 0.1) is 0 Å². The molecule has 2 heterocycles. The number of piperidine rings is 1. The Balaban J connectivity index is 1.60. The summed E-state index contributed by atoms with van der Waals surface area (Å²) < 4.78 is 2.15. The van der Waals surface area contributed by atoms with Crippen LogP contribution in [0.3, 0.4) is 0 Å². The van der Waals surface area contributed by atoms with Gasteiger partial charge in [0.25, 0.3) is 5.91 Å². The Morgan fingerprint density at radius 2 is 1.83 bits per heavy atom. The molecule has 3 rings (SSSR count). The molecule has 0 atom stereocenters. The fourth-order valence-corrected chi connectivity index (χ4v) is 4.07. The number of aryl methyl sites for hydroxylation is 1. The van der Waals surface area contributed by atoms with Crippen LogP contribution < -0.4 is 10.6 Å². The van der Waals surface area contributed by atoms with Crippen molar-refractivity contribution in [2.24, 2.45) is 0 Å². The summed E-state index contributed by atoms with van der Waals surface area (Å²) >= 11 is 5.90. The van der Waals surface area contributed by atoms with E-state index in [-0.39, 0.29) is 18.0 Å². The molecule has 156 valence electrons. The molecule has 0 aliphatic carbocycles. The van der Waals surface area contributed by atoms with Gasteiger partial charge in [-0.1, -0.05) is 23.7 Å². The van der Waals surface area contributed by atoms with Crippen molar-refractivity contribution in [2.45, 2.75) is 39.2 Å². The quantitative estimate of drug-likeness (QED) is 0.784. The number of hydrogen-bond donors (Lipinski definition) is 2. The summed E-state index contributed by atoms with van der Waals surface area (Å²) in [6, 6.07) is 7.84. The molecule has 0 unspecified atom stereocenters. The van der Waals surface area contributed by atoms with E-state index in [1.807, 2.05) is 43.0 Å². The monoisotopic (exact) mass is 417 g/mol. The standard InChI is InChI=1S/C21H28ClN5O2/c1-14-19(20(28)24-11-8-16-4-6-17(22)7-5-16)25-15(2)27(14)18-9-12-26(13-10-18)21(29)23-3/h4-7,18H,8-13H2,1-3H3,(H,23,29)(H,24,28). The van der Waals surface area contributed by atoms with E-state index in [1.54, 1.807) is 7.05 Å². The summed E-state index contributed by atoms with van der Waals surface area (Å²) in [5, 5.41) is 6.34. The lowest BCUT2D eigenvalue weighted by Crippen LogP contribution is -2.43. The number of benzene rings is 1. The predicted molar refractivity (Wildman–Crippen MR) is 113 cm³/mol. The molecule has 0 spiro atoms. The van der Waals surface area contributed by atoms with Gasteiger partial charge in [-0.25, -0.2) is 9.78 Å². The van der Waals surface area contributed by atoms with Crippen LogP contribution in [-0.4, -0.2) is 53.1 Å². The summed E-state index contributed by atoms with van der Waals surface area (Å²) in [6.45, 7) is 5.81. The van der Waals surface area contributed by atoms with E-state index in [0.29, 0.717) is 30.4 Å². The average Bonchev–Trinajstić information content (AvgIpc) is 3.03. The molecule has 2 N–H and O–H groups in total. The number of aromatic nitrogens is 2. The molecule has 0 saturated carbocycles. The second-order valence-corrected chi connectivity index (χ2v) is 7.81. The molecule has 1 aromatic carbocycles. The van der Waals surface area contributed by atoms with E-state index in [9.17, 15) is 9.59 Å². The molecule has 8 heteroatoms. The Morgan fingerprint density at radius 1 is 1.17 bits per heavy atom. The van der Waals surface area contributed by atoms with Crippen LogP contribution in [-0.2, 0) is 6.42 Å². The van der Waals surface area contributed by atoms with Crippen LogP contribution >= 0.6 is 11.6 Å². The first-order chi connectivity index (χ1) is 13.9. The first kappa shape index (κ1) is 21.2. The Bertz CT molecular complexity index is 870. The van der Waals surface area contributed by atoms with Crippen molar-refractivity contribution < 1.29 is 9.59 Å². The molecule has 3 amide bonds. The molecular formula is C21H28ClN5O2. The van der Waals surface area contributed by atoms with E-state index in [0.717, 1.165) is 36.3 Å². The number of nitrogens with zero attached hydrogens (tertiary/aromatic N) is 3. The van der Waals surface area contributed by atoms with Crippen molar-refractivity contribution in [1.82, 2.24) is 25.1 Å². The third-order valence-corrected chi connectivity index (χ3v) is 5.74. The van der Waals surface area contributed by atoms with Crippen molar-refractivity contribution in [3.63, 3.8) is 0 Å². The normalized spacial score (nSPS) is 14.7. The van der Waals surface area contributed by atoms with Gasteiger partial charge < -0.3 is 20.1 Å². The number of nitrogens with one attached hydrogen (secondary N) is 2. The smallest absolute Gasteiger partial charge is 0.317 e. The number of imidazole rings is 1. The molecular weight excluding hydrogens is 390 g/mol. The first-order valence-electron chi connectivity index (χ1n) is 9.95. The zero-order valence-corrected chi connectivity index (χ0v) is 17.9. The van der Waals surface area contributed by atoms with Gasteiger partial charge in [0.2, 0.25) is 0 Å².